The minimum atomic E-state index is -0.288. The lowest BCUT2D eigenvalue weighted by Crippen LogP contribution is -2.22. The maximum Gasteiger partial charge on any atom is 0.193 e. The lowest BCUT2D eigenvalue weighted by molar-refractivity contribution is 0.625. The van der Waals surface area contributed by atoms with Gasteiger partial charge in [-0.05, 0) is 60.9 Å². The van der Waals surface area contributed by atoms with Crippen molar-refractivity contribution in [3.8, 4) is 0 Å². The summed E-state index contributed by atoms with van der Waals surface area (Å²) in [7, 11) is 0. The average molecular weight is 478 g/mol. The molecule has 0 saturated heterocycles. The van der Waals surface area contributed by atoms with Crippen LogP contribution >= 0.6 is 39.9 Å². The second kappa shape index (κ2) is 8.47. The van der Waals surface area contributed by atoms with Crippen LogP contribution in [0, 0.1) is 19.7 Å². The molecule has 118 valence electrons. The summed E-state index contributed by atoms with van der Waals surface area (Å²) in [6.45, 7) is 4.35. The first-order valence-corrected chi connectivity index (χ1v) is 7.32. The molecule has 0 amide bonds. The number of guanidine groups is 1. The van der Waals surface area contributed by atoms with Gasteiger partial charge in [0.15, 0.2) is 5.96 Å². The highest BCUT2D eigenvalue weighted by Crippen LogP contribution is 2.19. The molecule has 0 saturated carbocycles. The molecule has 3 nitrogen and oxygen atoms in total. The molecule has 0 radical (unpaired) electrons. The van der Waals surface area contributed by atoms with Crippen molar-refractivity contribution < 1.29 is 4.39 Å². The van der Waals surface area contributed by atoms with E-state index in [1.807, 2.05) is 26.0 Å². The number of nitrogens with two attached hydrogens (primary N) is 1. The molecule has 0 heterocycles. The number of halogens is 3. The summed E-state index contributed by atoms with van der Waals surface area (Å²) < 4.78 is 14.0. The van der Waals surface area contributed by atoms with E-state index in [1.54, 1.807) is 6.07 Å². The van der Waals surface area contributed by atoms with Gasteiger partial charge in [0.2, 0.25) is 0 Å². The van der Waals surface area contributed by atoms with E-state index < -0.39 is 0 Å². The third-order valence-corrected chi connectivity index (χ3v) is 3.70. The zero-order chi connectivity index (χ0) is 15.4. The van der Waals surface area contributed by atoms with Crippen LogP contribution in [-0.2, 0) is 6.54 Å². The van der Waals surface area contributed by atoms with E-state index in [-0.39, 0.29) is 29.8 Å². The van der Waals surface area contributed by atoms with Crippen LogP contribution in [0.5, 0.6) is 0 Å². The molecule has 0 aliphatic heterocycles. The second-order valence-corrected chi connectivity index (χ2v) is 5.79. The Labute approximate surface area is 155 Å². The molecule has 0 aliphatic carbocycles. The van der Waals surface area contributed by atoms with Crippen molar-refractivity contribution in [3.05, 3.63) is 63.4 Å². The number of nitrogens with one attached hydrogen (secondary N) is 1. The van der Waals surface area contributed by atoms with E-state index in [2.05, 4.69) is 32.3 Å². The Kier molecular flexibility index (Phi) is 7.28. The Hall–Kier alpha value is -1.15. The van der Waals surface area contributed by atoms with E-state index in [1.165, 1.54) is 12.1 Å². The molecule has 0 aromatic heterocycles. The van der Waals surface area contributed by atoms with Crippen LogP contribution in [0.25, 0.3) is 0 Å². The van der Waals surface area contributed by atoms with Crippen molar-refractivity contribution in [1.29, 1.82) is 0 Å². The zero-order valence-electron chi connectivity index (χ0n) is 12.4. The van der Waals surface area contributed by atoms with Gasteiger partial charge >= 0.3 is 0 Å². The van der Waals surface area contributed by atoms with Crippen molar-refractivity contribution in [2.24, 2.45) is 10.7 Å². The van der Waals surface area contributed by atoms with E-state index in [9.17, 15) is 4.39 Å². The molecule has 0 spiro atoms. The molecule has 6 heteroatoms. The highest BCUT2D eigenvalue weighted by atomic mass is 127. The second-order valence-electron chi connectivity index (χ2n) is 4.94. The zero-order valence-corrected chi connectivity index (χ0v) is 16.3. The van der Waals surface area contributed by atoms with Gasteiger partial charge in [-0.25, -0.2) is 9.38 Å². The highest BCUT2D eigenvalue weighted by molar-refractivity contribution is 14.0. The van der Waals surface area contributed by atoms with Crippen LogP contribution in [-0.4, -0.2) is 5.96 Å². The monoisotopic (exact) mass is 477 g/mol. The number of anilines is 1. The van der Waals surface area contributed by atoms with Crippen molar-refractivity contribution in [1.82, 2.24) is 0 Å². The van der Waals surface area contributed by atoms with Crippen molar-refractivity contribution in [2.45, 2.75) is 20.4 Å². The van der Waals surface area contributed by atoms with Crippen molar-refractivity contribution in [3.63, 3.8) is 0 Å². The van der Waals surface area contributed by atoms with Gasteiger partial charge < -0.3 is 11.1 Å². The smallest absolute Gasteiger partial charge is 0.193 e. The molecular formula is C16H18BrFIN3. The summed E-state index contributed by atoms with van der Waals surface area (Å²) >= 11 is 3.37. The maximum atomic E-state index is 13.2. The number of hydrogen-bond donors (Lipinski definition) is 2. The summed E-state index contributed by atoms with van der Waals surface area (Å²) in [5, 5.41) is 3.05. The molecule has 3 N–H and O–H groups in total. The number of hydrogen-bond acceptors (Lipinski definition) is 1. The molecule has 0 atom stereocenters. The van der Waals surface area contributed by atoms with Gasteiger partial charge in [-0.1, -0.05) is 22.0 Å². The van der Waals surface area contributed by atoms with Crippen LogP contribution in [0.1, 0.15) is 16.7 Å². The highest BCUT2D eigenvalue weighted by Gasteiger charge is 2.02. The topological polar surface area (TPSA) is 50.4 Å². The van der Waals surface area contributed by atoms with Crippen LogP contribution in [0.3, 0.4) is 0 Å². The fraction of sp³-hybridized carbons (Fsp3) is 0.188. The first-order valence-electron chi connectivity index (χ1n) is 6.53. The van der Waals surface area contributed by atoms with Crippen molar-refractivity contribution in [2.75, 3.05) is 5.32 Å². The van der Waals surface area contributed by atoms with Crippen LogP contribution < -0.4 is 11.1 Å². The Bertz CT molecular complexity index is 669. The normalized spacial score (nSPS) is 11.0. The Balaban J connectivity index is 0.00000242. The largest absolute Gasteiger partial charge is 0.370 e. The van der Waals surface area contributed by atoms with Crippen LogP contribution in [0.4, 0.5) is 10.1 Å². The Morgan fingerprint density at radius 2 is 1.82 bits per heavy atom. The van der Waals surface area contributed by atoms with E-state index in [0.717, 1.165) is 26.9 Å². The van der Waals surface area contributed by atoms with Gasteiger partial charge in [-0.3, -0.25) is 0 Å². The molecule has 0 fully saturated rings. The quantitative estimate of drug-likeness (QED) is 0.380. The van der Waals surface area contributed by atoms with E-state index in [4.69, 9.17) is 5.73 Å². The molecule has 2 rings (SSSR count). The first kappa shape index (κ1) is 18.9. The molecule has 0 aliphatic rings. The fourth-order valence-corrected chi connectivity index (χ4v) is 2.44. The predicted octanol–water partition coefficient (Wildman–Crippen LogP) is 4.75. The molecule has 2 aromatic carbocycles. The fourth-order valence-electron chi connectivity index (χ4n) is 2.07. The number of aliphatic imine (C=N–C) groups is 1. The predicted molar refractivity (Wildman–Crippen MR) is 104 cm³/mol. The minimum absolute atomic E-state index is 0. The van der Waals surface area contributed by atoms with E-state index >= 15 is 0 Å². The molecule has 2 aromatic rings. The lowest BCUT2D eigenvalue weighted by atomic mass is 10.1. The number of aryl methyl sites for hydroxylation is 2. The molecule has 0 unspecified atom stereocenters. The summed E-state index contributed by atoms with van der Waals surface area (Å²) in [6.07, 6.45) is 0. The number of benzene rings is 2. The van der Waals surface area contributed by atoms with Gasteiger partial charge in [-0.15, -0.1) is 24.0 Å². The Morgan fingerprint density at radius 1 is 1.18 bits per heavy atom. The summed E-state index contributed by atoms with van der Waals surface area (Å²) in [4.78, 5) is 4.24. The third-order valence-electron chi connectivity index (χ3n) is 2.92. The minimum Gasteiger partial charge on any atom is -0.370 e. The number of nitrogens with zero attached hydrogens (tertiary/aromatic N) is 1. The molecule has 0 bridgehead atoms. The molecular weight excluding hydrogens is 460 g/mol. The summed E-state index contributed by atoms with van der Waals surface area (Å²) in [5.41, 5.74) is 9.82. The summed E-state index contributed by atoms with van der Waals surface area (Å²) in [6, 6.07) is 10.6. The lowest BCUT2D eigenvalue weighted by Gasteiger charge is -2.08. The van der Waals surface area contributed by atoms with Crippen LogP contribution in [0.15, 0.2) is 45.9 Å². The van der Waals surface area contributed by atoms with Gasteiger partial charge in [0.25, 0.3) is 0 Å². The van der Waals surface area contributed by atoms with Crippen LogP contribution in [0.2, 0.25) is 0 Å². The maximum absolute atomic E-state index is 13.2. The van der Waals surface area contributed by atoms with Gasteiger partial charge in [0.1, 0.15) is 5.82 Å². The van der Waals surface area contributed by atoms with Gasteiger partial charge in [-0.2, -0.15) is 0 Å². The van der Waals surface area contributed by atoms with Crippen molar-refractivity contribution >= 4 is 51.6 Å². The first-order chi connectivity index (χ1) is 9.94. The number of rotatable bonds is 3. The SMILES string of the molecule is Cc1cc(C)cc(NC(N)=NCc2cc(F)ccc2Br)c1.I. The average Bonchev–Trinajstić information content (AvgIpc) is 2.38. The standard InChI is InChI=1S/C16H17BrFN3.HI/c1-10-5-11(2)7-14(6-10)21-16(19)20-9-12-8-13(18)3-4-15(12)17;/h3-8H,9H2,1-2H3,(H3,19,20,21);1H. The Morgan fingerprint density at radius 3 is 2.45 bits per heavy atom. The summed E-state index contributed by atoms with van der Waals surface area (Å²) in [5.74, 6) is 0.0143. The third kappa shape index (κ3) is 5.57. The van der Waals surface area contributed by atoms with Gasteiger partial charge in [0, 0.05) is 10.2 Å². The molecule has 22 heavy (non-hydrogen) atoms. The van der Waals surface area contributed by atoms with Gasteiger partial charge in [0.05, 0.1) is 6.54 Å². The van der Waals surface area contributed by atoms with E-state index in [0.29, 0.717) is 12.5 Å².